The van der Waals surface area contributed by atoms with Crippen LogP contribution >= 0.6 is 0 Å². The zero-order valence-electron chi connectivity index (χ0n) is 10.0. The van der Waals surface area contributed by atoms with Crippen LogP contribution in [0.4, 0.5) is 5.82 Å². The Bertz CT molecular complexity index is 476. The Morgan fingerprint density at radius 1 is 1.47 bits per heavy atom. The van der Waals surface area contributed by atoms with Crippen LogP contribution in [0, 0.1) is 0 Å². The number of aliphatic hydroxyl groups is 3. The van der Waals surface area contributed by atoms with Crippen molar-refractivity contribution in [2.24, 2.45) is 5.73 Å². The average molecular weight is 272 g/mol. The minimum atomic E-state index is -1.27. The topological polar surface area (TPSA) is 157 Å². The first-order chi connectivity index (χ1) is 8.95. The van der Waals surface area contributed by atoms with Gasteiger partial charge in [-0.2, -0.15) is 0 Å². The third-order valence-electron chi connectivity index (χ3n) is 3.06. The number of ether oxygens (including phenoxy) is 1. The summed E-state index contributed by atoms with van der Waals surface area (Å²) in [6, 6.07) is 0. The molecule has 0 spiro atoms. The van der Waals surface area contributed by atoms with E-state index in [0.717, 1.165) is 0 Å². The summed E-state index contributed by atoms with van der Waals surface area (Å²) in [6.07, 6.45) is -3.28. The monoisotopic (exact) mass is 272 g/mol. The number of nitrogens with zero attached hydrogens (tertiary/aromatic N) is 2. The number of rotatable bonds is 4. The summed E-state index contributed by atoms with van der Waals surface area (Å²) >= 11 is 0. The summed E-state index contributed by atoms with van der Waals surface area (Å²) < 4.78 is 6.66. The van der Waals surface area contributed by atoms with E-state index in [1.807, 2.05) is 0 Å². The van der Waals surface area contributed by atoms with Crippen LogP contribution < -0.4 is 11.5 Å². The van der Waals surface area contributed by atoms with Gasteiger partial charge in [-0.25, -0.2) is 4.98 Å². The molecule has 9 nitrogen and oxygen atoms in total. The van der Waals surface area contributed by atoms with Crippen LogP contribution in [0.5, 0.6) is 0 Å². The molecule has 0 radical (unpaired) electrons. The fourth-order valence-corrected chi connectivity index (χ4v) is 2.08. The summed E-state index contributed by atoms with van der Waals surface area (Å²) in [5.74, 6) is -0.517. The summed E-state index contributed by atoms with van der Waals surface area (Å²) in [4.78, 5) is 14.8. The average Bonchev–Trinajstić information content (AvgIpc) is 2.83. The molecular formula is C10H16N4O5. The third kappa shape index (κ3) is 2.40. The van der Waals surface area contributed by atoms with Crippen molar-refractivity contribution in [1.82, 2.24) is 9.55 Å². The van der Waals surface area contributed by atoms with Gasteiger partial charge in [0.1, 0.15) is 24.1 Å². The van der Waals surface area contributed by atoms with E-state index in [4.69, 9.17) is 21.3 Å². The van der Waals surface area contributed by atoms with Crippen LogP contribution in [-0.2, 0) is 16.0 Å². The molecule has 1 aliphatic rings. The predicted octanol–water partition coefficient (Wildman–Crippen LogP) is -2.90. The van der Waals surface area contributed by atoms with Crippen LogP contribution in [0.1, 0.15) is 11.9 Å². The first kappa shape index (κ1) is 13.7. The summed E-state index contributed by atoms with van der Waals surface area (Å²) in [6.45, 7) is -0.440. The molecule has 0 aliphatic carbocycles. The Hall–Kier alpha value is -1.68. The molecule has 1 amide bonds. The molecule has 106 valence electrons. The number of carbonyl (C=O) groups excluding carboxylic acids is 1. The number of amides is 1. The molecule has 0 saturated carbocycles. The molecule has 2 heterocycles. The number of nitrogen functional groups attached to an aromatic ring is 1. The van der Waals surface area contributed by atoms with Crippen LogP contribution in [-0.4, -0.2) is 55.7 Å². The maximum absolute atomic E-state index is 11.0. The number of aromatic nitrogens is 2. The van der Waals surface area contributed by atoms with Gasteiger partial charge in [-0.05, 0) is 0 Å². The zero-order valence-corrected chi connectivity index (χ0v) is 10.0. The van der Waals surface area contributed by atoms with Crippen LogP contribution in [0.2, 0.25) is 0 Å². The number of imidazole rings is 1. The summed E-state index contributed by atoms with van der Waals surface area (Å²) in [7, 11) is 0. The van der Waals surface area contributed by atoms with E-state index in [-0.39, 0.29) is 12.2 Å². The number of primary amides is 1. The molecule has 1 aromatic heterocycles. The lowest BCUT2D eigenvalue weighted by Gasteiger charge is -2.18. The summed E-state index contributed by atoms with van der Waals surface area (Å²) in [5, 5.41) is 28.6. The van der Waals surface area contributed by atoms with Crippen LogP contribution in [0.3, 0.4) is 0 Å². The second kappa shape index (κ2) is 5.13. The highest BCUT2D eigenvalue weighted by atomic mass is 16.6. The Morgan fingerprint density at radius 2 is 2.16 bits per heavy atom. The highest BCUT2D eigenvalue weighted by Gasteiger charge is 2.44. The normalized spacial score (nSPS) is 30.7. The largest absolute Gasteiger partial charge is 0.394 e. The van der Waals surface area contributed by atoms with Crippen molar-refractivity contribution >= 4 is 11.7 Å². The lowest BCUT2D eigenvalue weighted by atomic mass is 10.1. The smallest absolute Gasteiger partial charge is 0.223 e. The van der Waals surface area contributed by atoms with Gasteiger partial charge < -0.3 is 36.1 Å². The fourth-order valence-electron chi connectivity index (χ4n) is 2.08. The van der Waals surface area contributed by atoms with E-state index in [9.17, 15) is 15.0 Å². The SMILES string of the molecule is NC(=O)Cc1c(N)ncn1[C@@H]1O[C@H](CO)[C@@H](O)[C@H]1O. The van der Waals surface area contributed by atoms with Gasteiger partial charge in [0.15, 0.2) is 6.23 Å². The molecule has 1 aromatic rings. The molecule has 19 heavy (non-hydrogen) atoms. The van der Waals surface area contributed by atoms with Gasteiger partial charge in [-0.15, -0.1) is 0 Å². The third-order valence-corrected chi connectivity index (χ3v) is 3.06. The van der Waals surface area contributed by atoms with Crippen molar-refractivity contribution < 1.29 is 24.9 Å². The highest BCUT2D eigenvalue weighted by Crippen LogP contribution is 2.31. The molecular weight excluding hydrogens is 256 g/mol. The Balaban J connectivity index is 2.30. The molecule has 0 aromatic carbocycles. The standard InChI is InChI=1S/C10H16N4O5/c11-6(16)1-4-9(12)13-3-14(4)10-8(18)7(17)5(2-15)19-10/h3,5,7-8,10,15,17-18H,1-2,12H2,(H2,11,16)/t5-,7-,8-,10-/m1/s1. The van der Waals surface area contributed by atoms with Gasteiger partial charge in [0, 0.05) is 0 Å². The molecule has 7 N–H and O–H groups in total. The molecule has 1 aliphatic heterocycles. The van der Waals surface area contributed by atoms with Crippen molar-refractivity contribution in [2.45, 2.75) is 31.0 Å². The van der Waals surface area contributed by atoms with E-state index < -0.39 is 37.1 Å². The molecule has 2 rings (SSSR count). The van der Waals surface area contributed by atoms with Gasteiger partial charge in [0.25, 0.3) is 0 Å². The van der Waals surface area contributed by atoms with E-state index >= 15 is 0 Å². The predicted molar refractivity (Wildman–Crippen MR) is 62.5 cm³/mol. The number of hydrogen-bond donors (Lipinski definition) is 5. The van der Waals surface area contributed by atoms with Crippen molar-refractivity contribution in [1.29, 1.82) is 0 Å². The Labute approximate surface area is 108 Å². The van der Waals surface area contributed by atoms with Crippen molar-refractivity contribution in [3.63, 3.8) is 0 Å². The van der Waals surface area contributed by atoms with E-state index in [0.29, 0.717) is 5.69 Å². The van der Waals surface area contributed by atoms with E-state index in [1.165, 1.54) is 10.9 Å². The maximum atomic E-state index is 11.0. The van der Waals surface area contributed by atoms with Crippen LogP contribution in [0.15, 0.2) is 6.33 Å². The zero-order chi connectivity index (χ0) is 14.2. The van der Waals surface area contributed by atoms with Crippen LogP contribution in [0.25, 0.3) is 0 Å². The minimum Gasteiger partial charge on any atom is -0.394 e. The number of nitrogens with two attached hydrogens (primary N) is 2. The van der Waals surface area contributed by atoms with E-state index in [2.05, 4.69) is 4.98 Å². The Kier molecular flexibility index (Phi) is 3.71. The highest BCUT2D eigenvalue weighted by molar-refractivity contribution is 5.77. The van der Waals surface area contributed by atoms with Gasteiger partial charge >= 0.3 is 0 Å². The van der Waals surface area contributed by atoms with Crippen molar-refractivity contribution in [2.75, 3.05) is 12.3 Å². The molecule has 0 bridgehead atoms. The van der Waals surface area contributed by atoms with Gasteiger partial charge in [-0.3, -0.25) is 4.79 Å². The molecule has 1 saturated heterocycles. The van der Waals surface area contributed by atoms with Gasteiger partial charge in [0.05, 0.1) is 25.0 Å². The maximum Gasteiger partial charge on any atom is 0.223 e. The fraction of sp³-hybridized carbons (Fsp3) is 0.600. The minimum absolute atomic E-state index is 0.0940. The van der Waals surface area contributed by atoms with Crippen molar-refractivity contribution in [3.05, 3.63) is 12.0 Å². The lowest BCUT2D eigenvalue weighted by molar-refractivity contribution is -0.117. The molecule has 4 atom stereocenters. The number of carbonyl (C=O) groups is 1. The lowest BCUT2D eigenvalue weighted by Crippen LogP contribution is -2.33. The Morgan fingerprint density at radius 3 is 2.68 bits per heavy atom. The second-order valence-corrected chi connectivity index (χ2v) is 4.36. The molecule has 1 fully saturated rings. The quantitative estimate of drug-likeness (QED) is 0.393. The number of hydrogen-bond acceptors (Lipinski definition) is 7. The van der Waals surface area contributed by atoms with Gasteiger partial charge in [0.2, 0.25) is 5.91 Å². The number of aliphatic hydroxyl groups excluding tert-OH is 3. The second-order valence-electron chi connectivity index (χ2n) is 4.36. The summed E-state index contributed by atoms with van der Waals surface area (Å²) in [5.41, 5.74) is 11.0. The molecule has 0 unspecified atom stereocenters. The van der Waals surface area contributed by atoms with Crippen molar-refractivity contribution in [3.8, 4) is 0 Å². The first-order valence-corrected chi connectivity index (χ1v) is 5.67. The molecule has 9 heteroatoms. The van der Waals surface area contributed by atoms with E-state index in [1.54, 1.807) is 0 Å². The first-order valence-electron chi connectivity index (χ1n) is 5.67. The van der Waals surface area contributed by atoms with Gasteiger partial charge in [-0.1, -0.05) is 0 Å². The number of anilines is 1.